The van der Waals surface area contributed by atoms with Crippen molar-refractivity contribution in [3.05, 3.63) is 35.9 Å². The molecule has 116 valence electrons. The molecule has 2 unspecified atom stereocenters. The smallest absolute Gasteiger partial charge is 0.141 e. The molecule has 3 N–H and O–H groups in total. The topological polar surface area (TPSA) is 65.1 Å². The Morgan fingerprint density at radius 3 is 2.76 bits per heavy atom. The van der Waals surface area contributed by atoms with Crippen molar-refractivity contribution in [2.24, 2.45) is 10.9 Å². The van der Waals surface area contributed by atoms with Gasteiger partial charge >= 0.3 is 0 Å². The Kier molecular flexibility index (Phi) is 5.59. The molecule has 2 rings (SSSR count). The molecule has 0 aliphatic carbocycles. The van der Waals surface area contributed by atoms with Gasteiger partial charge in [-0.2, -0.15) is 0 Å². The first kappa shape index (κ1) is 15.8. The molecule has 0 radical (unpaired) electrons. The van der Waals surface area contributed by atoms with Crippen LogP contribution in [0.4, 0.5) is 0 Å². The van der Waals surface area contributed by atoms with Gasteiger partial charge in [0.05, 0.1) is 0 Å². The maximum atomic E-state index is 8.93. The van der Waals surface area contributed by atoms with Gasteiger partial charge in [-0.05, 0) is 32.5 Å². The van der Waals surface area contributed by atoms with Crippen LogP contribution in [0.25, 0.3) is 0 Å². The van der Waals surface area contributed by atoms with Gasteiger partial charge in [0.25, 0.3) is 0 Å². The van der Waals surface area contributed by atoms with E-state index >= 15 is 0 Å². The van der Waals surface area contributed by atoms with Crippen LogP contribution in [-0.4, -0.2) is 53.6 Å². The van der Waals surface area contributed by atoms with E-state index in [1.807, 2.05) is 18.2 Å². The number of hydrogen-bond donors (Lipinski definition) is 2. The molecular formula is C16H26N4O. The first-order valence-corrected chi connectivity index (χ1v) is 7.57. The molecular weight excluding hydrogens is 264 g/mol. The Bertz CT molecular complexity index is 463. The molecule has 21 heavy (non-hydrogen) atoms. The third-order valence-corrected chi connectivity index (χ3v) is 4.21. The maximum Gasteiger partial charge on any atom is 0.141 e. The average molecular weight is 290 g/mol. The quantitative estimate of drug-likeness (QED) is 0.385. The van der Waals surface area contributed by atoms with E-state index < -0.39 is 0 Å². The third-order valence-electron chi connectivity index (χ3n) is 4.21. The van der Waals surface area contributed by atoms with E-state index in [4.69, 9.17) is 10.9 Å². The summed E-state index contributed by atoms with van der Waals surface area (Å²) in [6.45, 7) is 5.44. The molecule has 2 atom stereocenters. The van der Waals surface area contributed by atoms with Crippen molar-refractivity contribution < 1.29 is 5.21 Å². The Morgan fingerprint density at radius 1 is 1.38 bits per heavy atom. The van der Waals surface area contributed by atoms with Crippen molar-refractivity contribution in [1.29, 1.82) is 0 Å². The second-order valence-corrected chi connectivity index (χ2v) is 5.92. The molecule has 0 bridgehead atoms. The molecule has 5 nitrogen and oxygen atoms in total. The Balaban J connectivity index is 2.25. The van der Waals surface area contributed by atoms with Crippen molar-refractivity contribution in [3.63, 3.8) is 0 Å². The second kappa shape index (κ2) is 7.43. The summed E-state index contributed by atoms with van der Waals surface area (Å²) in [5.74, 6) is 0.286. The molecule has 5 heteroatoms. The van der Waals surface area contributed by atoms with Gasteiger partial charge in [0, 0.05) is 31.6 Å². The number of amidine groups is 1. The number of rotatable bonds is 4. The summed E-state index contributed by atoms with van der Waals surface area (Å²) >= 11 is 0. The monoisotopic (exact) mass is 290 g/mol. The van der Waals surface area contributed by atoms with Gasteiger partial charge in [-0.1, -0.05) is 35.5 Å². The van der Waals surface area contributed by atoms with Crippen LogP contribution in [0.2, 0.25) is 0 Å². The molecule has 0 saturated carbocycles. The SMILES string of the molecule is CC1CN(C)CCCN1C(C/C(N)=N/O)c1ccccc1. The third kappa shape index (κ3) is 4.19. The lowest BCUT2D eigenvalue weighted by Crippen LogP contribution is -2.41. The molecule has 0 aromatic heterocycles. The predicted octanol–water partition coefficient (Wildman–Crippen LogP) is 1.89. The molecule has 0 amide bonds. The molecule has 1 heterocycles. The lowest BCUT2D eigenvalue weighted by molar-refractivity contribution is 0.145. The average Bonchev–Trinajstić information content (AvgIpc) is 2.66. The number of nitrogens with zero attached hydrogens (tertiary/aromatic N) is 3. The van der Waals surface area contributed by atoms with E-state index in [1.165, 1.54) is 5.56 Å². The van der Waals surface area contributed by atoms with Gasteiger partial charge in [-0.3, -0.25) is 4.90 Å². The lowest BCUT2D eigenvalue weighted by atomic mass is 9.99. The van der Waals surface area contributed by atoms with E-state index in [0.717, 1.165) is 26.1 Å². The normalized spacial score (nSPS) is 23.7. The molecule has 1 fully saturated rings. The van der Waals surface area contributed by atoms with Crippen LogP contribution in [0.3, 0.4) is 0 Å². The molecule has 1 aromatic carbocycles. The van der Waals surface area contributed by atoms with Gasteiger partial charge in [0.2, 0.25) is 0 Å². The van der Waals surface area contributed by atoms with Gasteiger partial charge in [-0.25, -0.2) is 0 Å². The Hall–Kier alpha value is -1.59. The second-order valence-electron chi connectivity index (χ2n) is 5.92. The Morgan fingerprint density at radius 2 is 2.10 bits per heavy atom. The zero-order valence-electron chi connectivity index (χ0n) is 12.9. The van der Waals surface area contributed by atoms with Crippen molar-refractivity contribution in [3.8, 4) is 0 Å². The van der Waals surface area contributed by atoms with Gasteiger partial charge in [0.1, 0.15) is 5.84 Å². The van der Waals surface area contributed by atoms with Gasteiger partial charge in [-0.15, -0.1) is 0 Å². The van der Waals surface area contributed by atoms with E-state index in [-0.39, 0.29) is 11.9 Å². The minimum absolute atomic E-state index is 0.156. The fraction of sp³-hybridized carbons (Fsp3) is 0.562. The molecule has 1 aliphatic rings. The van der Waals surface area contributed by atoms with Crippen molar-refractivity contribution in [1.82, 2.24) is 9.80 Å². The number of hydrogen-bond acceptors (Lipinski definition) is 4. The van der Waals surface area contributed by atoms with Crippen LogP contribution in [0.5, 0.6) is 0 Å². The van der Waals surface area contributed by atoms with Gasteiger partial charge in [0.15, 0.2) is 0 Å². The van der Waals surface area contributed by atoms with Crippen molar-refractivity contribution in [2.45, 2.75) is 31.8 Å². The molecule has 1 aliphatic heterocycles. The standard InChI is InChI=1S/C16H26N4O/c1-13-12-19(2)9-6-10-20(13)15(11-16(17)18-21)14-7-4-3-5-8-14/h3-5,7-8,13,15,21H,6,9-12H2,1-2H3,(H2,17,18). The minimum atomic E-state index is 0.156. The maximum absolute atomic E-state index is 8.93. The summed E-state index contributed by atoms with van der Waals surface area (Å²) in [6, 6.07) is 10.9. The zero-order valence-corrected chi connectivity index (χ0v) is 12.9. The number of nitrogens with two attached hydrogens (primary N) is 1. The van der Waals surface area contributed by atoms with Crippen molar-refractivity contribution >= 4 is 5.84 Å². The largest absolute Gasteiger partial charge is 0.409 e. The van der Waals surface area contributed by atoms with Crippen LogP contribution < -0.4 is 5.73 Å². The highest BCUT2D eigenvalue weighted by Gasteiger charge is 2.28. The van der Waals surface area contributed by atoms with Crippen LogP contribution >= 0.6 is 0 Å². The lowest BCUT2D eigenvalue weighted by Gasteiger charge is -2.35. The van der Waals surface area contributed by atoms with Crippen molar-refractivity contribution in [2.75, 3.05) is 26.7 Å². The minimum Gasteiger partial charge on any atom is -0.409 e. The summed E-state index contributed by atoms with van der Waals surface area (Å²) in [4.78, 5) is 4.85. The Labute approximate surface area is 127 Å². The first-order valence-electron chi connectivity index (χ1n) is 7.57. The number of oxime groups is 1. The zero-order chi connectivity index (χ0) is 15.2. The molecule has 0 spiro atoms. The van der Waals surface area contributed by atoms with Crippen LogP contribution in [0.15, 0.2) is 35.5 Å². The highest BCUT2D eigenvalue weighted by atomic mass is 16.4. The molecule has 1 aromatic rings. The summed E-state index contributed by atoms with van der Waals surface area (Å²) in [7, 11) is 2.17. The van der Waals surface area contributed by atoms with Gasteiger partial charge < -0.3 is 15.8 Å². The summed E-state index contributed by atoms with van der Waals surface area (Å²) in [5, 5.41) is 12.1. The van der Waals surface area contributed by atoms with Crippen LogP contribution in [0, 0.1) is 0 Å². The van der Waals surface area contributed by atoms with E-state index in [2.05, 4.69) is 41.1 Å². The van der Waals surface area contributed by atoms with Crippen LogP contribution in [0.1, 0.15) is 31.4 Å². The fourth-order valence-corrected chi connectivity index (χ4v) is 3.19. The summed E-state index contributed by atoms with van der Waals surface area (Å²) < 4.78 is 0. The highest BCUT2D eigenvalue weighted by molar-refractivity contribution is 5.80. The van der Waals surface area contributed by atoms with E-state index in [1.54, 1.807) is 0 Å². The number of benzene rings is 1. The number of likely N-dealkylation sites (N-methyl/N-ethyl adjacent to an activating group) is 1. The van der Waals surface area contributed by atoms with E-state index in [9.17, 15) is 0 Å². The fourth-order valence-electron chi connectivity index (χ4n) is 3.19. The van der Waals surface area contributed by atoms with E-state index in [0.29, 0.717) is 12.5 Å². The highest BCUT2D eigenvalue weighted by Crippen LogP contribution is 2.28. The summed E-state index contributed by atoms with van der Waals surface area (Å²) in [6.07, 6.45) is 1.69. The first-order chi connectivity index (χ1) is 10.1. The predicted molar refractivity (Wildman–Crippen MR) is 85.5 cm³/mol. The molecule has 1 saturated heterocycles. The summed E-state index contributed by atoms with van der Waals surface area (Å²) in [5.41, 5.74) is 7.02. The van der Waals surface area contributed by atoms with Crippen LogP contribution in [-0.2, 0) is 0 Å².